The van der Waals surface area contributed by atoms with Gasteiger partial charge in [0.1, 0.15) is 4.21 Å². The van der Waals surface area contributed by atoms with Gasteiger partial charge in [0.25, 0.3) is 10.0 Å². The standard InChI is InChI=1S/C13H17NO5S2/c1-19-11(12(15)16)9-6-14(7-9)21(17,18)13-10(4-5-20-13)8-2-3-8/h4-5,8-9,11H,2-3,6-7H2,1H3,(H,15,16). The molecule has 2 aliphatic rings. The molecule has 1 aromatic heterocycles. The van der Waals surface area contributed by atoms with Crippen LogP contribution in [0.4, 0.5) is 0 Å². The number of sulfonamides is 1. The largest absolute Gasteiger partial charge is 0.479 e. The van der Waals surface area contributed by atoms with Gasteiger partial charge in [-0.1, -0.05) is 0 Å². The van der Waals surface area contributed by atoms with Crippen LogP contribution in [0.25, 0.3) is 0 Å². The van der Waals surface area contributed by atoms with Crippen LogP contribution in [0.1, 0.15) is 24.3 Å². The highest BCUT2D eigenvalue weighted by Crippen LogP contribution is 2.45. The van der Waals surface area contributed by atoms with Crippen molar-refractivity contribution in [2.24, 2.45) is 5.92 Å². The van der Waals surface area contributed by atoms with E-state index in [0.29, 0.717) is 10.1 Å². The molecule has 21 heavy (non-hydrogen) atoms. The number of aliphatic carboxylic acids is 1. The van der Waals surface area contributed by atoms with E-state index in [2.05, 4.69) is 0 Å². The summed E-state index contributed by atoms with van der Waals surface area (Å²) in [4.78, 5) is 11.0. The maximum atomic E-state index is 12.6. The maximum absolute atomic E-state index is 12.6. The van der Waals surface area contributed by atoms with E-state index in [0.717, 1.165) is 18.4 Å². The Morgan fingerprint density at radius 1 is 1.48 bits per heavy atom. The molecule has 1 saturated carbocycles. The monoisotopic (exact) mass is 331 g/mol. The summed E-state index contributed by atoms with van der Waals surface area (Å²) >= 11 is 1.25. The molecule has 0 amide bonds. The fourth-order valence-electron chi connectivity index (χ4n) is 2.68. The van der Waals surface area contributed by atoms with Crippen LogP contribution in [-0.4, -0.2) is 50.1 Å². The number of carbonyl (C=O) groups is 1. The van der Waals surface area contributed by atoms with Gasteiger partial charge in [0.15, 0.2) is 6.10 Å². The van der Waals surface area contributed by atoms with Crippen molar-refractivity contribution < 1.29 is 23.1 Å². The topological polar surface area (TPSA) is 83.9 Å². The van der Waals surface area contributed by atoms with Crippen molar-refractivity contribution in [1.29, 1.82) is 0 Å². The lowest BCUT2D eigenvalue weighted by Gasteiger charge is -2.40. The van der Waals surface area contributed by atoms with Crippen LogP contribution in [0.3, 0.4) is 0 Å². The Bertz CT molecular complexity index is 643. The molecule has 3 rings (SSSR count). The molecule has 1 saturated heterocycles. The minimum atomic E-state index is -3.49. The lowest BCUT2D eigenvalue weighted by Crippen LogP contribution is -2.56. The predicted octanol–water partition coefficient (Wildman–Crippen LogP) is 1.35. The fraction of sp³-hybridized carbons (Fsp3) is 0.615. The summed E-state index contributed by atoms with van der Waals surface area (Å²) in [5, 5.41) is 10.8. The van der Waals surface area contributed by atoms with E-state index in [4.69, 9.17) is 9.84 Å². The summed E-state index contributed by atoms with van der Waals surface area (Å²) in [6.07, 6.45) is 1.15. The van der Waals surface area contributed by atoms with Gasteiger partial charge < -0.3 is 9.84 Å². The van der Waals surface area contributed by atoms with Gasteiger partial charge in [-0.05, 0) is 35.8 Å². The second-order valence-corrected chi connectivity index (χ2v) is 8.56. The van der Waals surface area contributed by atoms with Crippen LogP contribution in [0.2, 0.25) is 0 Å². The first-order chi connectivity index (χ1) is 9.95. The zero-order valence-corrected chi connectivity index (χ0v) is 13.2. The first-order valence-electron chi connectivity index (χ1n) is 6.78. The number of carboxylic acids is 1. The first-order valence-corrected chi connectivity index (χ1v) is 9.10. The minimum Gasteiger partial charge on any atom is -0.479 e. The van der Waals surface area contributed by atoms with Gasteiger partial charge in [0.2, 0.25) is 0 Å². The second-order valence-electron chi connectivity index (χ2n) is 5.51. The minimum absolute atomic E-state index is 0.204. The lowest BCUT2D eigenvalue weighted by molar-refractivity contribution is -0.154. The van der Waals surface area contributed by atoms with E-state index in [-0.39, 0.29) is 19.0 Å². The van der Waals surface area contributed by atoms with Crippen molar-refractivity contribution in [2.45, 2.75) is 29.1 Å². The average molecular weight is 331 g/mol. The van der Waals surface area contributed by atoms with Crippen molar-refractivity contribution >= 4 is 27.3 Å². The smallest absolute Gasteiger partial charge is 0.333 e. The highest BCUT2D eigenvalue weighted by molar-refractivity contribution is 7.91. The number of hydrogen-bond acceptors (Lipinski definition) is 5. The summed E-state index contributed by atoms with van der Waals surface area (Å²) in [5.74, 6) is -0.954. The number of rotatable bonds is 6. The highest BCUT2D eigenvalue weighted by atomic mass is 32.2. The van der Waals surface area contributed by atoms with Gasteiger partial charge in [-0.25, -0.2) is 13.2 Å². The zero-order chi connectivity index (χ0) is 15.2. The third kappa shape index (κ3) is 2.61. The Hall–Kier alpha value is -0.960. The van der Waals surface area contributed by atoms with Gasteiger partial charge in [-0.3, -0.25) is 0 Å². The Kier molecular flexibility index (Phi) is 3.81. The Morgan fingerprint density at radius 3 is 2.67 bits per heavy atom. The fourth-order valence-corrected chi connectivity index (χ4v) is 5.90. The molecular weight excluding hydrogens is 314 g/mol. The van der Waals surface area contributed by atoms with E-state index in [9.17, 15) is 13.2 Å². The Labute approximate surface area is 127 Å². The molecule has 8 heteroatoms. The normalized spacial score (nSPS) is 22.0. The summed E-state index contributed by atoms with van der Waals surface area (Å²) < 4.78 is 31.9. The molecule has 0 radical (unpaired) electrons. The Morgan fingerprint density at radius 2 is 2.14 bits per heavy atom. The predicted molar refractivity (Wildman–Crippen MR) is 77.0 cm³/mol. The molecule has 0 aromatic carbocycles. The summed E-state index contributed by atoms with van der Waals surface area (Å²) in [6.45, 7) is 0.407. The molecule has 0 spiro atoms. The van der Waals surface area contributed by atoms with Gasteiger partial charge in [0.05, 0.1) is 0 Å². The van der Waals surface area contributed by atoms with Gasteiger partial charge >= 0.3 is 5.97 Å². The van der Waals surface area contributed by atoms with Crippen molar-refractivity contribution in [3.8, 4) is 0 Å². The molecule has 2 heterocycles. The van der Waals surface area contributed by atoms with Crippen LogP contribution in [0.5, 0.6) is 0 Å². The molecule has 1 N–H and O–H groups in total. The maximum Gasteiger partial charge on any atom is 0.333 e. The number of nitrogens with zero attached hydrogens (tertiary/aromatic N) is 1. The van der Waals surface area contributed by atoms with Gasteiger partial charge in [0, 0.05) is 26.1 Å². The van der Waals surface area contributed by atoms with Gasteiger partial charge in [-0.2, -0.15) is 4.31 Å². The van der Waals surface area contributed by atoms with Crippen molar-refractivity contribution in [2.75, 3.05) is 20.2 Å². The SMILES string of the molecule is COC(C(=O)O)C1CN(S(=O)(=O)c2sccc2C2CC2)C1. The van der Waals surface area contributed by atoms with Crippen LogP contribution >= 0.6 is 11.3 Å². The van der Waals surface area contributed by atoms with E-state index in [1.54, 1.807) is 0 Å². The van der Waals surface area contributed by atoms with Crippen molar-refractivity contribution in [3.05, 3.63) is 17.0 Å². The lowest BCUT2D eigenvalue weighted by atomic mass is 9.96. The van der Waals surface area contributed by atoms with Crippen LogP contribution < -0.4 is 0 Å². The number of methoxy groups -OCH3 is 1. The molecule has 1 atom stereocenters. The third-order valence-electron chi connectivity index (χ3n) is 4.05. The van der Waals surface area contributed by atoms with Crippen LogP contribution in [0, 0.1) is 5.92 Å². The van der Waals surface area contributed by atoms with Gasteiger partial charge in [-0.15, -0.1) is 11.3 Å². The number of thiophene rings is 1. The molecule has 116 valence electrons. The molecule has 6 nitrogen and oxygen atoms in total. The number of hydrogen-bond donors (Lipinski definition) is 1. The van der Waals surface area contributed by atoms with Crippen molar-refractivity contribution in [3.63, 3.8) is 0 Å². The zero-order valence-electron chi connectivity index (χ0n) is 11.6. The molecule has 0 bridgehead atoms. The van der Waals surface area contributed by atoms with Crippen molar-refractivity contribution in [1.82, 2.24) is 4.31 Å². The Balaban J connectivity index is 1.73. The molecule has 1 aliphatic carbocycles. The summed E-state index contributed by atoms with van der Waals surface area (Å²) in [5.41, 5.74) is 0.921. The molecule has 1 aromatic rings. The molecule has 2 fully saturated rings. The number of ether oxygens (including phenoxy) is 1. The van der Waals surface area contributed by atoms with E-state index >= 15 is 0 Å². The summed E-state index contributed by atoms with van der Waals surface area (Å²) in [6, 6.07) is 1.89. The third-order valence-corrected chi connectivity index (χ3v) is 7.38. The summed E-state index contributed by atoms with van der Waals surface area (Å²) in [7, 11) is -2.16. The molecule has 1 aliphatic heterocycles. The number of carboxylic acid groups (broad SMARTS) is 1. The highest BCUT2D eigenvalue weighted by Gasteiger charge is 2.45. The molecular formula is C13H17NO5S2. The average Bonchev–Trinajstić information content (AvgIpc) is 3.09. The second kappa shape index (κ2) is 5.35. The van der Waals surface area contributed by atoms with E-state index < -0.39 is 22.1 Å². The quantitative estimate of drug-likeness (QED) is 0.850. The van der Waals surface area contributed by atoms with E-state index in [1.807, 2.05) is 11.4 Å². The van der Waals surface area contributed by atoms with Crippen LogP contribution in [-0.2, 0) is 19.6 Å². The molecule has 1 unspecified atom stereocenters. The van der Waals surface area contributed by atoms with E-state index in [1.165, 1.54) is 22.8 Å². The van der Waals surface area contributed by atoms with Crippen LogP contribution in [0.15, 0.2) is 15.7 Å². The first kappa shape index (κ1) is 15.0.